The fourth-order valence-electron chi connectivity index (χ4n) is 9.21. The lowest BCUT2D eigenvalue weighted by molar-refractivity contribution is -0.220. The van der Waals surface area contributed by atoms with Crippen LogP contribution in [-0.2, 0) is 18.4 Å². The van der Waals surface area contributed by atoms with E-state index in [0.29, 0.717) is 19.3 Å². The van der Waals surface area contributed by atoms with Crippen molar-refractivity contribution in [2.75, 3.05) is 6.61 Å². The van der Waals surface area contributed by atoms with Crippen LogP contribution in [-0.4, -0.2) is 96.8 Å². The molecule has 1 aliphatic carbocycles. The van der Waals surface area contributed by atoms with E-state index in [9.17, 15) is 44.9 Å². The number of amides is 1. The molecule has 1 aliphatic rings. The average molecular weight is 950 g/mol. The Labute approximate surface area is 397 Å². The highest BCUT2D eigenvalue weighted by Gasteiger charge is 2.51. The highest BCUT2D eigenvalue weighted by Crippen LogP contribution is 2.47. The quantitative estimate of drug-likeness (QED) is 0.0213. The maximum absolute atomic E-state index is 13.0. The Morgan fingerprint density at radius 3 is 1.06 bits per heavy atom. The van der Waals surface area contributed by atoms with Crippen LogP contribution in [0.15, 0.2) is 0 Å². The lowest BCUT2D eigenvalue weighted by Gasteiger charge is -2.41. The van der Waals surface area contributed by atoms with Crippen LogP contribution in [0.4, 0.5) is 0 Å². The number of phosphoric ester groups is 1. The van der Waals surface area contributed by atoms with Gasteiger partial charge in [-0.15, -0.1) is 0 Å². The number of hydrogen-bond acceptors (Lipinski definition) is 10. The number of unbranched alkanes of at least 4 members (excludes halogenated alkanes) is 36. The van der Waals surface area contributed by atoms with Gasteiger partial charge in [0.1, 0.15) is 36.6 Å². The predicted octanol–water partition coefficient (Wildman–Crippen LogP) is 11.8. The summed E-state index contributed by atoms with van der Waals surface area (Å²) in [5.41, 5.74) is 0. The van der Waals surface area contributed by atoms with Crippen LogP contribution < -0.4 is 5.32 Å². The highest BCUT2D eigenvalue weighted by molar-refractivity contribution is 7.47. The zero-order valence-corrected chi connectivity index (χ0v) is 42.7. The molecule has 0 bridgehead atoms. The maximum atomic E-state index is 13.0. The van der Waals surface area contributed by atoms with Crippen molar-refractivity contribution in [1.82, 2.24) is 5.32 Å². The van der Waals surface area contributed by atoms with Crippen LogP contribution >= 0.6 is 7.82 Å². The molecule has 65 heavy (non-hydrogen) atoms. The van der Waals surface area contributed by atoms with Gasteiger partial charge in [-0.05, 0) is 12.8 Å². The Kier molecular flexibility index (Phi) is 40.5. The Morgan fingerprint density at radius 2 is 0.738 bits per heavy atom. The molecule has 0 heterocycles. The molecule has 12 nitrogen and oxygen atoms in total. The van der Waals surface area contributed by atoms with E-state index in [0.717, 1.165) is 38.5 Å². The summed E-state index contributed by atoms with van der Waals surface area (Å²) in [5, 5.41) is 64.3. The summed E-state index contributed by atoms with van der Waals surface area (Å²) >= 11 is 0. The largest absolute Gasteiger partial charge is 0.472 e. The third-order valence-electron chi connectivity index (χ3n) is 13.7. The van der Waals surface area contributed by atoms with Gasteiger partial charge in [0, 0.05) is 6.42 Å². The smallest absolute Gasteiger partial charge is 0.391 e. The summed E-state index contributed by atoms with van der Waals surface area (Å²) in [6, 6.07) is -1.03. The lowest BCUT2D eigenvalue weighted by atomic mass is 9.85. The SMILES string of the molecule is CCCCCCCCCCCCCCCCCCCCCCCCCCCC(=O)N[C@@H](COP(=O)(O)OC1[C@H](O)[C@H](O)C(O)[C@H](O)[C@H]1O)[C@H](O)CCCCCCCCCCCCCCC. The van der Waals surface area contributed by atoms with Gasteiger partial charge in [0.25, 0.3) is 0 Å². The maximum Gasteiger partial charge on any atom is 0.472 e. The van der Waals surface area contributed by atoms with Crippen LogP contribution in [0.2, 0.25) is 0 Å². The Balaban J connectivity index is 2.29. The van der Waals surface area contributed by atoms with E-state index >= 15 is 0 Å². The molecule has 0 aliphatic heterocycles. The van der Waals surface area contributed by atoms with E-state index in [-0.39, 0.29) is 12.3 Å². The summed E-state index contributed by atoms with van der Waals surface area (Å²) in [4.78, 5) is 23.5. The first kappa shape index (κ1) is 62.4. The fourth-order valence-corrected chi connectivity index (χ4v) is 10.2. The minimum Gasteiger partial charge on any atom is -0.391 e. The van der Waals surface area contributed by atoms with Crippen molar-refractivity contribution in [3.8, 4) is 0 Å². The van der Waals surface area contributed by atoms with Gasteiger partial charge in [-0.3, -0.25) is 13.8 Å². The fraction of sp³-hybridized carbons (Fsp3) is 0.981. The van der Waals surface area contributed by atoms with Crippen molar-refractivity contribution in [2.45, 2.75) is 319 Å². The van der Waals surface area contributed by atoms with Gasteiger partial charge >= 0.3 is 7.82 Å². The van der Waals surface area contributed by atoms with Crippen LogP contribution in [0, 0.1) is 0 Å². The Bertz CT molecular complexity index is 1100. The molecular weight excluding hydrogens is 846 g/mol. The van der Waals surface area contributed by atoms with E-state index in [4.69, 9.17) is 9.05 Å². The van der Waals surface area contributed by atoms with Crippen LogP contribution in [0.3, 0.4) is 0 Å². The molecule has 388 valence electrons. The molecule has 0 aromatic heterocycles. The number of aliphatic hydroxyl groups excluding tert-OH is 6. The van der Waals surface area contributed by atoms with Crippen molar-refractivity contribution < 1.29 is 53.9 Å². The number of aliphatic hydroxyl groups is 6. The number of phosphoric acid groups is 1. The van der Waals surface area contributed by atoms with Crippen LogP contribution in [0.1, 0.15) is 271 Å². The van der Waals surface area contributed by atoms with Crippen molar-refractivity contribution >= 4 is 13.7 Å². The van der Waals surface area contributed by atoms with Crippen molar-refractivity contribution in [3.63, 3.8) is 0 Å². The minimum atomic E-state index is -5.05. The first-order chi connectivity index (χ1) is 31.4. The molecule has 1 rings (SSSR count). The van der Waals surface area contributed by atoms with E-state index in [1.807, 2.05) is 0 Å². The topological polar surface area (TPSA) is 206 Å². The number of hydrogen-bond donors (Lipinski definition) is 8. The zero-order valence-electron chi connectivity index (χ0n) is 41.8. The van der Waals surface area contributed by atoms with Gasteiger partial charge in [-0.2, -0.15) is 0 Å². The molecule has 1 amide bonds. The second-order valence-corrected chi connectivity index (χ2v) is 21.2. The van der Waals surface area contributed by atoms with Crippen LogP contribution in [0.25, 0.3) is 0 Å². The number of carbonyl (C=O) groups is 1. The van der Waals surface area contributed by atoms with Gasteiger partial charge in [-0.25, -0.2) is 4.57 Å². The van der Waals surface area contributed by atoms with E-state index in [2.05, 4.69) is 19.2 Å². The standard InChI is InChI=1S/C52H104NO11P/c1-3-5-7-9-11-13-15-17-18-19-20-21-22-23-24-25-26-27-28-30-32-34-36-38-40-42-46(55)53-44(45(54)41-39-37-35-33-31-29-16-14-12-10-8-6-4-2)43-63-65(61,62)64-52-50(59)48(57)47(56)49(58)51(52)60/h44-45,47-52,54,56-60H,3-43H2,1-2H3,(H,53,55)(H,61,62)/t44-,45+,47?,48-,49+,50+,51+,52?/m0/s1. The number of carbonyl (C=O) groups excluding carboxylic acids is 1. The van der Waals surface area contributed by atoms with Gasteiger partial charge in [-0.1, -0.05) is 251 Å². The lowest BCUT2D eigenvalue weighted by Crippen LogP contribution is -2.64. The third kappa shape index (κ3) is 33.5. The summed E-state index contributed by atoms with van der Waals surface area (Å²) in [6.45, 7) is 3.92. The second-order valence-electron chi connectivity index (χ2n) is 19.8. The molecule has 13 heteroatoms. The summed E-state index contributed by atoms with van der Waals surface area (Å²) in [5.74, 6) is -0.302. The summed E-state index contributed by atoms with van der Waals surface area (Å²) in [7, 11) is -5.05. The molecule has 3 unspecified atom stereocenters. The van der Waals surface area contributed by atoms with E-state index < -0.39 is 63.2 Å². The van der Waals surface area contributed by atoms with Gasteiger partial charge < -0.3 is 40.8 Å². The molecule has 1 saturated carbocycles. The first-order valence-corrected chi connectivity index (χ1v) is 29.0. The molecule has 0 aromatic carbocycles. The highest BCUT2D eigenvalue weighted by atomic mass is 31.2. The van der Waals surface area contributed by atoms with Crippen molar-refractivity contribution in [2.24, 2.45) is 0 Å². The Hall–Kier alpha value is -0.660. The van der Waals surface area contributed by atoms with Gasteiger partial charge in [0.05, 0.1) is 18.8 Å². The van der Waals surface area contributed by atoms with Gasteiger partial charge in [0.15, 0.2) is 0 Å². The monoisotopic (exact) mass is 950 g/mol. The second kappa shape index (κ2) is 42.2. The molecule has 1 fully saturated rings. The predicted molar refractivity (Wildman–Crippen MR) is 265 cm³/mol. The zero-order chi connectivity index (χ0) is 47.8. The normalized spacial score (nSPS) is 21.9. The first-order valence-electron chi connectivity index (χ1n) is 27.5. The average Bonchev–Trinajstić information content (AvgIpc) is 3.29. The molecule has 8 N–H and O–H groups in total. The molecule has 0 radical (unpaired) electrons. The summed E-state index contributed by atoms with van der Waals surface area (Å²) in [6.07, 6.45) is 35.7. The summed E-state index contributed by atoms with van der Waals surface area (Å²) < 4.78 is 23.0. The Morgan fingerprint density at radius 1 is 0.462 bits per heavy atom. The molecular formula is C52H104NO11P. The van der Waals surface area contributed by atoms with E-state index in [1.54, 1.807) is 0 Å². The number of nitrogens with one attached hydrogen (secondary N) is 1. The van der Waals surface area contributed by atoms with Crippen molar-refractivity contribution in [1.29, 1.82) is 0 Å². The minimum absolute atomic E-state index is 0.243. The molecule has 0 aromatic rings. The van der Waals surface area contributed by atoms with Crippen molar-refractivity contribution in [3.05, 3.63) is 0 Å². The third-order valence-corrected chi connectivity index (χ3v) is 14.7. The molecule has 0 saturated heterocycles. The molecule has 0 spiro atoms. The van der Waals surface area contributed by atoms with Gasteiger partial charge in [0.2, 0.25) is 5.91 Å². The van der Waals surface area contributed by atoms with E-state index in [1.165, 1.54) is 193 Å². The molecule has 9 atom stereocenters. The van der Waals surface area contributed by atoms with Crippen LogP contribution in [0.5, 0.6) is 0 Å². The number of rotatable bonds is 47.